The summed E-state index contributed by atoms with van der Waals surface area (Å²) in [5.74, 6) is 0.483. The average Bonchev–Trinajstić information content (AvgIpc) is 2.67. The average molecular weight is 267 g/mol. The lowest BCUT2D eigenvalue weighted by Gasteiger charge is -2.22. The maximum absolute atomic E-state index is 12.3. The number of carbonyl (C=O) groups is 1. The molecule has 1 aromatic rings. The van der Waals surface area contributed by atoms with Crippen LogP contribution in [0.25, 0.3) is 0 Å². The molecule has 2 unspecified atom stereocenters. The van der Waals surface area contributed by atoms with E-state index in [1.165, 1.54) is 0 Å². The van der Waals surface area contributed by atoms with Crippen LogP contribution in [-0.2, 0) is 4.79 Å². The molecule has 0 saturated carbocycles. The highest BCUT2D eigenvalue weighted by atomic mass is 35.5. The summed E-state index contributed by atoms with van der Waals surface area (Å²) in [6.07, 6.45) is -0.0350. The summed E-state index contributed by atoms with van der Waals surface area (Å²) in [6.45, 7) is 6.84. The van der Waals surface area contributed by atoms with Gasteiger partial charge in [-0.2, -0.15) is 0 Å². The SMILES string of the molecule is CCN1C(=O)C(C(C)C)NC1c1ccc(Cl)cc1. The first-order valence-electron chi connectivity index (χ1n) is 6.36. The zero-order valence-corrected chi connectivity index (χ0v) is 11.7. The van der Waals surface area contributed by atoms with E-state index in [0.717, 1.165) is 5.56 Å². The molecule has 0 aromatic heterocycles. The fraction of sp³-hybridized carbons (Fsp3) is 0.500. The highest BCUT2D eigenvalue weighted by Crippen LogP contribution is 2.28. The van der Waals surface area contributed by atoms with E-state index in [0.29, 0.717) is 17.5 Å². The van der Waals surface area contributed by atoms with Crippen LogP contribution in [0.3, 0.4) is 0 Å². The molecule has 2 rings (SSSR count). The molecule has 0 aliphatic carbocycles. The summed E-state index contributed by atoms with van der Waals surface area (Å²) in [6, 6.07) is 7.57. The molecule has 1 heterocycles. The number of hydrogen-bond donors (Lipinski definition) is 1. The van der Waals surface area contributed by atoms with E-state index in [2.05, 4.69) is 19.2 Å². The summed E-state index contributed by atoms with van der Waals surface area (Å²) in [7, 11) is 0. The Kier molecular flexibility index (Phi) is 3.93. The van der Waals surface area contributed by atoms with Crippen LogP contribution in [0.5, 0.6) is 0 Å². The molecule has 0 bridgehead atoms. The molecule has 1 N–H and O–H groups in total. The number of amides is 1. The first-order valence-corrected chi connectivity index (χ1v) is 6.74. The zero-order valence-electron chi connectivity index (χ0n) is 11.0. The van der Waals surface area contributed by atoms with E-state index in [4.69, 9.17) is 11.6 Å². The molecular weight excluding hydrogens is 248 g/mol. The Balaban J connectivity index is 2.27. The van der Waals surface area contributed by atoms with Gasteiger partial charge in [-0.05, 0) is 30.5 Å². The van der Waals surface area contributed by atoms with Crippen LogP contribution >= 0.6 is 11.6 Å². The van der Waals surface area contributed by atoms with E-state index in [9.17, 15) is 4.79 Å². The van der Waals surface area contributed by atoms with E-state index in [1.807, 2.05) is 36.1 Å². The maximum atomic E-state index is 12.3. The number of rotatable bonds is 3. The molecule has 3 nitrogen and oxygen atoms in total. The standard InChI is InChI=1S/C14H19ClN2O/c1-4-17-13(10-5-7-11(15)8-6-10)16-12(9(2)3)14(17)18/h5-9,12-13,16H,4H2,1-3H3. The Labute approximate surface area is 113 Å². The lowest BCUT2D eigenvalue weighted by atomic mass is 10.1. The molecule has 18 heavy (non-hydrogen) atoms. The minimum atomic E-state index is -0.0920. The fourth-order valence-electron chi connectivity index (χ4n) is 2.37. The smallest absolute Gasteiger partial charge is 0.241 e. The second-order valence-corrected chi connectivity index (χ2v) is 5.40. The van der Waals surface area contributed by atoms with Gasteiger partial charge >= 0.3 is 0 Å². The molecule has 0 radical (unpaired) electrons. The normalized spacial score (nSPS) is 24.1. The van der Waals surface area contributed by atoms with Crippen molar-refractivity contribution in [2.45, 2.75) is 33.0 Å². The quantitative estimate of drug-likeness (QED) is 0.912. The Morgan fingerprint density at radius 2 is 1.94 bits per heavy atom. The van der Waals surface area contributed by atoms with Crippen molar-refractivity contribution >= 4 is 17.5 Å². The van der Waals surface area contributed by atoms with Gasteiger partial charge in [0.05, 0.1) is 6.04 Å². The van der Waals surface area contributed by atoms with Crippen molar-refractivity contribution < 1.29 is 4.79 Å². The number of nitrogens with zero attached hydrogens (tertiary/aromatic N) is 1. The van der Waals surface area contributed by atoms with Crippen molar-refractivity contribution in [2.24, 2.45) is 5.92 Å². The van der Waals surface area contributed by atoms with Crippen molar-refractivity contribution in [3.8, 4) is 0 Å². The van der Waals surface area contributed by atoms with E-state index in [-0.39, 0.29) is 18.1 Å². The third-order valence-electron chi connectivity index (χ3n) is 3.39. The third-order valence-corrected chi connectivity index (χ3v) is 3.64. The highest BCUT2D eigenvalue weighted by molar-refractivity contribution is 6.30. The van der Waals surface area contributed by atoms with Crippen LogP contribution in [0, 0.1) is 5.92 Å². The molecular formula is C14H19ClN2O. The van der Waals surface area contributed by atoms with Gasteiger partial charge in [0.25, 0.3) is 0 Å². The van der Waals surface area contributed by atoms with Crippen molar-refractivity contribution in [3.05, 3.63) is 34.9 Å². The first-order chi connectivity index (χ1) is 8.54. The minimum Gasteiger partial charge on any atom is -0.322 e. The number of nitrogens with one attached hydrogen (secondary N) is 1. The summed E-state index contributed by atoms with van der Waals surface area (Å²) in [5, 5.41) is 4.12. The third kappa shape index (κ3) is 2.38. The predicted octanol–water partition coefficient (Wildman–Crippen LogP) is 2.81. The Morgan fingerprint density at radius 3 is 2.44 bits per heavy atom. The zero-order chi connectivity index (χ0) is 13.3. The molecule has 1 aliphatic rings. The van der Waals surface area contributed by atoms with Crippen LogP contribution in [0.1, 0.15) is 32.5 Å². The summed E-state index contributed by atoms with van der Waals surface area (Å²) < 4.78 is 0. The van der Waals surface area contributed by atoms with Crippen molar-refractivity contribution in [1.82, 2.24) is 10.2 Å². The summed E-state index contributed by atoms with van der Waals surface area (Å²) in [4.78, 5) is 14.1. The van der Waals surface area contributed by atoms with Crippen LogP contribution in [-0.4, -0.2) is 23.4 Å². The second-order valence-electron chi connectivity index (χ2n) is 4.97. The molecule has 1 aromatic carbocycles. The van der Waals surface area contributed by atoms with Gasteiger partial charge in [-0.15, -0.1) is 0 Å². The van der Waals surface area contributed by atoms with Crippen molar-refractivity contribution in [1.29, 1.82) is 0 Å². The predicted molar refractivity (Wildman–Crippen MR) is 73.3 cm³/mol. The van der Waals surface area contributed by atoms with Crippen molar-refractivity contribution in [3.63, 3.8) is 0 Å². The topological polar surface area (TPSA) is 32.3 Å². The molecule has 98 valence electrons. The molecule has 4 heteroatoms. The van der Waals surface area contributed by atoms with E-state index < -0.39 is 0 Å². The molecule has 1 fully saturated rings. The van der Waals surface area contributed by atoms with Crippen LogP contribution in [0.2, 0.25) is 5.02 Å². The van der Waals surface area contributed by atoms with Gasteiger partial charge in [-0.3, -0.25) is 10.1 Å². The number of hydrogen-bond acceptors (Lipinski definition) is 2. The van der Waals surface area contributed by atoms with Gasteiger partial charge < -0.3 is 4.90 Å². The van der Waals surface area contributed by atoms with Crippen LogP contribution in [0.4, 0.5) is 0 Å². The van der Waals surface area contributed by atoms with Gasteiger partial charge in [-0.1, -0.05) is 37.6 Å². The monoisotopic (exact) mass is 266 g/mol. The largest absolute Gasteiger partial charge is 0.322 e. The van der Waals surface area contributed by atoms with Crippen molar-refractivity contribution in [2.75, 3.05) is 6.54 Å². The molecule has 1 saturated heterocycles. The molecule has 0 spiro atoms. The Hall–Kier alpha value is -1.06. The number of halogens is 1. The van der Waals surface area contributed by atoms with Gasteiger partial charge in [0.2, 0.25) is 5.91 Å². The molecule has 1 aliphatic heterocycles. The number of benzene rings is 1. The van der Waals surface area contributed by atoms with Gasteiger partial charge in [-0.25, -0.2) is 0 Å². The summed E-state index contributed by atoms with van der Waals surface area (Å²) >= 11 is 5.90. The molecule has 2 atom stereocenters. The lowest BCUT2D eigenvalue weighted by Crippen LogP contribution is -2.34. The molecule has 1 amide bonds. The van der Waals surface area contributed by atoms with Gasteiger partial charge in [0.15, 0.2) is 0 Å². The fourth-order valence-corrected chi connectivity index (χ4v) is 2.50. The maximum Gasteiger partial charge on any atom is 0.241 e. The highest BCUT2D eigenvalue weighted by Gasteiger charge is 2.39. The Bertz CT molecular complexity index is 430. The number of carbonyl (C=O) groups excluding carboxylic acids is 1. The number of likely N-dealkylation sites (N-methyl/N-ethyl adjacent to an activating group) is 1. The van der Waals surface area contributed by atoms with Gasteiger partial charge in [0.1, 0.15) is 6.17 Å². The lowest BCUT2D eigenvalue weighted by molar-refractivity contribution is -0.130. The summed E-state index contributed by atoms with van der Waals surface area (Å²) in [5.41, 5.74) is 1.08. The first kappa shape index (κ1) is 13.4. The van der Waals surface area contributed by atoms with Gasteiger partial charge in [0, 0.05) is 11.6 Å². The van der Waals surface area contributed by atoms with E-state index >= 15 is 0 Å². The van der Waals surface area contributed by atoms with Crippen LogP contribution < -0.4 is 5.32 Å². The second kappa shape index (κ2) is 5.29. The van der Waals surface area contributed by atoms with E-state index in [1.54, 1.807) is 0 Å². The Morgan fingerprint density at radius 1 is 1.33 bits per heavy atom. The van der Waals surface area contributed by atoms with Crippen LogP contribution in [0.15, 0.2) is 24.3 Å². The minimum absolute atomic E-state index is 0.0350.